The molecule has 0 N–H and O–H groups in total. The summed E-state index contributed by atoms with van der Waals surface area (Å²) in [4.78, 5) is 4.65. The summed E-state index contributed by atoms with van der Waals surface area (Å²) in [6.07, 6.45) is 5.25. The summed E-state index contributed by atoms with van der Waals surface area (Å²) >= 11 is 0. The van der Waals surface area contributed by atoms with E-state index in [1.165, 1.54) is 12.0 Å². The van der Waals surface area contributed by atoms with Gasteiger partial charge in [-0.15, -0.1) is 0 Å². The van der Waals surface area contributed by atoms with E-state index in [0.717, 1.165) is 36.5 Å². The molecule has 1 unspecified atom stereocenters. The Balaban J connectivity index is 1.96. The lowest BCUT2D eigenvalue weighted by atomic mass is 10.1. The van der Waals surface area contributed by atoms with Gasteiger partial charge in [-0.1, -0.05) is 6.07 Å². The van der Waals surface area contributed by atoms with E-state index in [1.807, 2.05) is 23.9 Å². The van der Waals surface area contributed by atoms with Gasteiger partial charge in [0.15, 0.2) is 6.23 Å². The highest BCUT2D eigenvalue weighted by atomic mass is 16.5. The highest BCUT2D eigenvalue weighted by molar-refractivity contribution is 5.55. The van der Waals surface area contributed by atoms with Crippen LogP contribution in [0.1, 0.15) is 36.7 Å². The molecule has 3 rings (SSSR count). The summed E-state index contributed by atoms with van der Waals surface area (Å²) in [6, 6.07) is 6.17. The zero-order chi connectivity index (χ0) is 13.2. The fourth-order valence-corrected chi connectivity index (χ4v) is 2.44. The first kappa shape index (κ1) is 12.4. The summed E-state index contributed by atoms with van der Waals surface area (Å²) in [7, 11) is 0. The molecular formula is C15H19N3O. The zero-order valence-corrected chi connectivity index (χ0v) is 11.5. The van der Waals surface area contributed by atoms with Crippen molar-refractivity contribution in [2.45, 2.75) is 39.3 Å². The summed E-state index contributed by atoms with van der Waals surface area (Å²) < 4.78 is 7.78. The molecule has 0 radical (unpaired) electrons. The minimum absolute atomic E-state index is 0.0576. The second-order valence-corrected chi connectivity index (χ2v) is 5.08. The molecule has 1 saturated heterocycles. The number of ether oxygens (including phenoxy) is 1. The first-order chi connectivity index (χ1) is 9.25. The first-order valence-electron chi connectivity index (χ1n) is 6.85. The van der Waals surface area contributed by atoms with Crippen molar-refractivity contribution < 1.29 is 4.74 Å². The molecule has 0 aromatic carbocycles. The van der Waals surface area contributed by atoms with Crippen LogP contribution in [0.25, 0.3) is 11.4 Å². The van der Waals surface area contributed by atoms with Crippen LogP contribution in [0.3, 0.4) is 0 Å². The lowest BCUT2D eigenvalue weighted by molar-refractivity contribution is -0.0384. The summed E-state index contributed by atoms with van der Waals surface area (Å²) in [5.41, 5.74) is 4.28. The maximum absolute atomic E-state index is 5.81. The Morgan fingerprint density at radius 3 is 2.84 bits per heavy atom. The van der Waals surface area contributed by atoms with Crippen molar-refractivity contribution in [3.05, 3.63) is 35.7 Å². The van der Waals surface area contributed by atoms with E-state index in [2.05, 4.69) is 29.1 Å². The van der Waals surface area contributed by atoms with Gasteiger partial charge in [-0.2, -0.15) is 5.10 Å². The number of pyridine rings is 1. The predicted octanol–water partition coefficient (Wildman–Crippen LogP) is 3.26. The van der Waals surface area contributed by atoms with Crippen LogP contribution in [0.4, 0.5) is 0 Å². The molecule has 0 spiro atoms. The number of rotatable bonds is 2. The van der Waals surface area contributed by atoms with E-state index in [0.29, 0.717) is 0 Å². The average Bonchev–Trinajstić information content (AvgIpc) is 2.92. The Labute approximate surface area is 113 Å². The number of aryl methyl sites for hydroxylation is 2. The predicted molar refractivity (Wildman–Crippen MR) is 73.8 cm³/mol. The van der Waals surface area contributed by atoms with Gasteiger partial charge in [-0.3, -0.25) is 4.98 Å². The molecule has 1 aliphatic heterocycles. The molecule has 0 aliphatic carbocycles. The molecular weight excluding hydrogens is 238 g/mol. The largest absolute Gasteiger partial charge is 0.356 e. The van der Waals surface area contributed by atoms with Gasteiger partial charge in [0, 0.05) is 18.5 Å². The van der Waals surface area contributed by atoms with E-state index < -0.39 is 0 Å². The summed E-state index contributed by atoms with van der Waals surface area (Å²) in [5.74, 6) is 0. The fraction of sp³-hybridized carbons (Fsp3) is 0.467. The van der Waals surface area contributed by atoms with Crippen molar-refractivity contribution >= 4 is 0 Å². The molecule has 19 heavy (non-hydrogen) atoms. The van der Waals surface area contributed by atoms with Gasteiger partial charge in [0.1, 0.15) is 0 Å². The quantitative estimate of drug-likeness (QED) is 0.829. The topological polar surface area (TPSA) is 39.9 Å². The van der Waals surface area contributed by atoms with Crippen molar-refractivity contribution in [3.8, 4) is 11.4 Å². The maximum atomic E-state index is 5.81. The lowest BCUT2D eigenvalue weighted by Gasteiger charge is -2.24. The molecule has 1 atom stereocenters. The Hall–Kier alpha value is -1.68. The molecule has 100 valence electrons. The van der Waals surface area contributed by atoms with Crippen LogP contribution in [-0.2, 0) is 4.74 Å². The van der Waals surface area contributed by atoms with E-state index in [4.69, 9.17) is 4.74 Å². The van der Waals surface area contributed by atoms with Gasteiger partial charge in [-0.25, -0.2) is 4.68 Å². The normalized spacial score (nSPS) is 19.6. The summed E-state index contributed by atoms with van der Waals surface area (Å²) in [5, 5.41) is 4.42. The van der Waals surface area contributed by atoms with Crippen molar-refractivity contribution in [2.24, 2.45) is 0 Å². The zero-order valence-electron chi connectivity index (χ0n) is 11.5. The molecule has 4 nitrogen and oxygen atoms in total. The third kappa shape index (κ3) is 2.40. The van der Waals surface area contributed by atoms with Crippen LogP contribution in [0.15, 0.2) is 24.4 Å². The van der Waals surface area contributed by atoms with Crippen molar-refractivity contribution in [1.82, 2.24) is 14.8 Å². The van der Waals surface area contributed by atoms with E-state index >= 15 is 0 Å². The third-order valence-electron chi connectivity index (χ3n) is 3.71. The van der Waals surface area contributed by atoms with Crippen molar-refractivity contribution in [2.75, 3.05) is 6.61 Å². The van der Waals surface area contributed by atoms with Crippen molar-refractivity contribution in [3.63, 3.8) is 0 Å². The number of nitrogens with zero attached hydrogens (tertiary/aromatic N) is 3. The minimum atomic E-state index is 0.0576. The number of aromatic nitrogens is 3. The smallest absolute Gasteiger partial charge is 0.150 e. The third-order valence-corrected chi connectivity index (χ3v) is 3.71. The van der Waals surface area contributed by atoms with Gasteiger partial charge in [0.05, 0.1) is 11.4 Å². The molecule has 0 bridgehead atoms. The van der Waals surface area contributed by atoms with Gasteiger partial charge < -0.3 is 4.74 Å². The first-order valence-corrected chi connectivity index (χ1v) is 6.85. The lowest BCUT2D eigenvalue weighted by Crippen LogP contribution is -2.20. The molecule has 1 fully saturated rings. The molecule has 4 heteroatoms. The Morgan fingerprint density at radius 2 is 2.11 bits per heavy atom. The molecule has 0 saturated carbocycles. The van der Waals surface area contributed by atoms with Gasteiger partial charge in [-0.05, 0) is 50.8 Å². The maximum Gasteiger partial charge on any atom is 0.150 e. The average molecular weight is 257 g/mol. The van der Waals surface area contributed by atoms with Gasteiger partial charge in [0.2, 0.25) is 0 Å². The molecule has 2 aromatic rings. The second kappa shape index (κ2) is 5.13. The highest BCUT2D eigenvalue weighted by Gasteiger charge is 2.20. The SMILES string of the molecule is Cc1ccc(-c2ccnn2C2CCCCO2)nc1C. The van der Waals surface area contributed by atoms with E-state index in [-0.39, 0.29) is 6.23 Å². The molecule has 1 aliphatic rings. The standard InChI is InChI=1S/C15H19N3O/c1-11-6-7-13(17-12(11)2)14-8-9-16-18(14)15-5-3-4-10-19-15/h6-9,15H,3-5,10H2,1-2H3. The monoisotopic (exact) mass is 257 g/mol. The van der Waals surface area contributed by atoms with Crippen LogP contribution >= 0.6 is 0 Å². The van der Waals surface area contributed by atoms with Crippen LogP contribution in [0, 0.1) is 13.8 Å². The van der Waals surface area contributed by atoms with Crippen LogP contribution in [-0.4, -0.2) is 21.4 Å². The van der Waals surface area contributed by atoms with Crippen molar-refractivity contribution in [1.29, 1.82) is 0 Å². The van der Waals surface area contributed by atoms with E-state index in [9.17, 15) is 0 Å². The van der Waals surface area contributed by atoms with Crippen LogP contribution in [0.2, 0.25) is 0 Å². The number of hydrogen-bond donors (Lipinski definition) is 0. The fourth-order valence-electron chi connectivity index (χ4n) is 2.44. The second-order valence-electron chi connectivity index (χ2n) is 5.08. The Morgan fingerprint density at radius 1 is 1.21 bits per heavy atom. The van der Waals surface area contributed by atoms with Crippen LogP contribution < -0.4 is 0 Å². The van der Waals surface area contributed by atoms with Gasteiger partial charge in [0.25, 0.3) is 0 Å². The molecule has 3 heterocycles. The minimum Gasteiger partial charge on any atom is -0.356 e. The Bertz CT molecular complexity index is 571. The highest BCUT2D eigenvalue weighted by Crippen LogP contribution is 2.27. The molecule has 0 amide bonds. The molecule has 2 aromatic heterocycles. The number of hydrogen-bond acceptors (Lipinski definition) is 3. The van der Waals surface area contributed by atoms with Crippen LogP contribution in [0.5, 0.6) is 0 Å². The van der Waals surface area contributed by atoms with Gasteiger partial charge >= 0.3 is 0 Å². The van der Waals surface area contributed by atoms with E-state index in [1.54, 1.807) is 0 Å². The summed E-state index contributed by atoms with van der Waals surface area (Å²) in [6.45, 7) is 4.94. The Kier molecular flexibility index (Phi) is 3.34.